The molecule has 1 aliphatic rings. The Morgan fingerprint density at radius 3 is 2.93 bits per heavy atom. The van der Waals surface area contributed by atoms with E-state index < -0.39 is 5.97 Å². The number of carbonyl (C=O) groups is 2. The first-order chi connectivity index (χ1) is 12.9. The van der Waals surface area contributed by atoms with Gasteiger partial charge >= 0.3 is 12.0 Å². The fourth-order valence-corrected chi connectivity index (χ4v) is 3.00. The molecule has 1 unspecified atom stereocenters. The van der Waals surface area contributed by atoms with Crippen LogP contribution in [0.4, 0.5) is 10.5 Å². The third-order valence-electron chi connectivity index (χ3n) is 3.99. The van der Waals surface area contributed by atoms with Gasteiger partial charge in [0.25, 0.3) is 0 Å². The summed E-state index contributed by atoms with van der Waals surface area (Å²) < 4.78 is 11.2. The van der Waals surface area contributed by atoms with Crippen molar-refractivity contribution >= 4 is 29.3 Å². The van der Waals surface area contributed by atoms with E-state index in [1.807, 2.05) is 6.92 Å². The van der Waals surface area contributed by atoms with Crippen LogP contribution >= 0.6 is 11.6 Å². The number of carboxylic acids is 1. The summed E-state index contributed by atoms with van der Waals surface area (Å²) in [4.78, 5) is 26.6. The van der Waals surface area contributed by atoms with Gasteiger partial charge in [0.2, 0.25) is 0 Å². The Morgan fingerprint density at radius 2 is 2.26 bits per heavy atom. The van der Waals surface area contributed by atoms with Gasteiger partial charge < -0.3 is 24.8 Å². The maximum Gasteiger partial charge on any atom is 0.322 e. The van der Waals surface area contributed by atoms with Gasteiger partial charge in [-0.15, -0.1) is 0 Å². The molecule has 1 aromatic rings. The predicted molar refractivity (Wildman–Crippen MR) is 103 cm³/mol. The molecule has 1 aromatic carbocycles. The molecule has 0 bridgehead atoms. The second kappa shape index (κ2) is 10.3. The lowest BCUT2D eigenvalue weighted by atomic mass is 10.2. The van der Waals surface area contributed by atoms with Crippen LogP contribution in [0.25, 0.3) is 0 Å². The van der Waals surface area contributed by atoms with Crippen molar-refractivity contribution in [2.24, 2.45) is 0 Å². The molecule has 1 fully saturated rings. The average Bonchev–Trinajstić information content (AvgIpc) is 2.60. The number of nitrogens with zero attached hydrogens (tertiary/aromatic N) is 2. The monoisotopic (exact) mass is 399 g/mol. The van der Waals surface area contributed by atoms with Crippen LogP contribution in [-0.2, 0) is 9.53 Å². The van der Waals surface area contributed by atoms with Crippen molar-refractivity contribution in [1.29, 1.82) is 0 Å². The number of likely N-dealkylation sites (N-methyl/N-ethyl adjacent to an activating group) is 1. The highest BCUT2D eigenvalue weighted by Gasteiger charge is 2.25. The van der Waals surface area contributed by atoms with Crippen LogP contribution in [0.1, 0.15) is 13.3 Å². The molecule has 0 aromatic heterocycles. The zero-order chi connectivity index (χ0) is 19.8. The molecule has 150 valence electrons. The maximum absolute atomic E-state index is 12.5. The summed E-state index contributed by atoms with van der Waals surface area (Å²) in [5.41, 5.74) is 0.583. The van der Waals surface area contributed by atoms with Crippen LogP contribution in [0, 0.1) is 0 Å². The number of rotatable bonds is 8. The van der Waals surface area contributed by atoms with Crippen LogP contribution in [-0.4, -0.2) is 79.5 Å². The third kappa shape index (κ3) is 6.89. The highest BCUT2D eigenvalue weighted by molar-refractivity contribution is 6.32. The standard InChI is InChI=1S/C18H26ClN3O5/c1-3-7-27-16-5-4-13(9-15(16)19)20-18(25)22-6-8-26-14(11-22)10-21(2)12-17(23)24/h4-5,9,14H,3,6-8,10-12H2,1-2H3,(H,20,25)(H,23,24). The molecule has 1 aliphatic heterocycles. The highest BCUT2D eigenvalue weighted by Crippen LogP contribution is 2.28. The fraction of sp³-hybridized carbons (Fsp3) is 0.556. The van der Waals surface area contributed by atoms with Crippen LogP contribution in [0.3, 0.4) is 0 Å². The summed E-state index contributed by atoms with van der Waals surface area (Å²) in [5, 5.41) is 12.1. The van der Waals surface area contributed by atoms with Gasteiger partial charge in [-0.25, -0.2) is 4.79 Å². The quantitative estimate of drug-likeness (QED) is 0.697. The number of halogens is 1. The van der Waals surface area contributed by atoms with Crippen LogP contribution in [0.5, 0.6) is 5.75 Å². The first-order valence-corrected chi connectivity index (χ1v) is 9.27. The van der Waals surface area contributed by atoms with E-state index in [0.29, 0.717) is 49.3 Å². The number of hydrogen-bond acceptors (Lipinski definition) is 5. The molecule has 0 spiro atoms. The molecule has 0 radical (unpaired) electrons. The number of anilines is 1. The van der Waals surface area contributed by atoms with E-state index in [4.69, 9.17) is 26.2 Å². The number of hydrogen-bond donors (Lipinski definition) is 2. The number of ether oxygens (including phenoxy) is 2. The maximum atomic E-state index is 12.5. The normalized spacial score (nSPS) is 17.0. The molecular weight excluding hydrogens is 374 g/mol. The minimum atomic E-state index is -0.897. The number of morpholine rings is 1. The van der Waals surface area contributed by atoms with Gasteiger partial charge in [-0.1, -0.05) is 18.5 Å². The highest BCUT2D eigenvalue weighted by atomic mass is 35.5. The van der Waals surface area contributed by atoms with Crippen molar-refractivity contribution in [3.63, 3.8) is 0 Å². The molecule has 1 saturated heterocycles. The van der Waals surface area contributed by atoms with Crippen LogP contribution in [0.2, 0.25) is 5.02 Å². The topological polar surface area (TPSA) is 91.3 Å². The zero-order valence-corrected chi connectivity index (χ0v) is 16.4. The molecular formula is C18H26ClN3O5. The second-order valence-electron chi connectivity index (χ2n) is 6.45. The summed E-state index contributed by atoms with van der Waals surface area (Å²) in [6.45, 7) is 4.22. The average molecular weight is 400 g/mol. The molecule has 27 heavy (non-hydrogen) atoms. The molecule has 9 heteroatoms. The first-order valence-electron chi connectivity index (χ1n) is 8.89. The fourth-order valence-electron chi connectivity index (χ4n) is 2.77. The summed E-state index contributed by atoms with van der Waals surface area (Å²) in [6.07, 6.45) is 0.650. The Hall–Kier alpha value is -2.03. The molecule has 2 amide bonds. The van der Waals surface area contributed by atoms with Crippen LogP contribution in [0.15, 0.2) is 18.2 Å². The summed E-state index contributed by atoms with van der Waals surface area (Å²) in [6, 6.07) is 4.88. The Morgan fingerprint density at radius 1 is 1.48 bits per heavy atom. The third-order valence-corrected chi connectivity index (χ3v) is 4.29. The molecule has 0 aliphatic carbocycles. The largest absolute Gasteiger partial charge is 0.492 e. The summed E-state index contributed by atoms with van der Waals surface area (Å²) in [5.74, 6) is -0.310. The van der Waals surface area contributed by atoms with E-state index in [2.05, 4.69) is 5.32 Å². The van der Waals surface area contributed by atoms with Gasteiger partial charge in [0.15, 0.2) is 0 Å². The Bertz CT molecular complexity index is 658. The van der Waals surface area contributed by atoms with E-state index >= 15 is 0 Å². The van der Waals surface area contributed by atoms with Gasteiger partial charge in [-0.2, -0.15) is 0 Å². The Kier molecular flexibility index (Phi) is 8.15. The van der Waals surface area contributed by atoms with Crippen molar-refractivity contribution in [1.82, 2.24) is 9.80 Å². The molecule has 1 heterocycles. The van der Waals surface area contributed by atoms with Crippen molar-refractivity contribution in [2.45, 2.75) is 19.4 Å². The van der Waals surface area contributed by atoms with Crippen molar-refractivity contribution in [3.05, 3.63) is 23.2 Å². The molecule has 0 saturated carbocycles. The lowest BCUT2D eigenvalue weighted by molar-refractivity contribution is -0.138. The number of nitrogens with one attached hydrogen (secondary N) is 1. The molecule has 1 atom stereocenters. The molecule has 2 rings (SSSR count). The number of urea groups is 1. The second-order valence-corrected chi connectivity index (χ2v) is 6.86. The number of amides is 2. The number of benzene rings is 1. The van der Waals surface area contributed by atoms with E-state index in [-0.39, 0.29) is 18.7 Å². The zero-order valence-electron chi connectivity index (χ0n) is 15.6. The lowest BCUT2D eigenvalue weighted by Gasteiger charge is -2.34. The van der Waals surface area contributed by atoms with Crippen LogP contribution < -0.4 is 10.1 Å². The predicted octanol–water partition coefficient (Wildman–Crippen LogP) is 2.38. The number of carbonyl (C=O) groups excluding carboxylic acids is 1. The molecule has 2 N–H and O–H groups in total. The minimum absolute atomic E-state index is 0.0724. The number of aliphatic carboxylic acids is 1. The van der Waals surface area contributed by atoms with E-state index in [0.717, 1.165) is 6.42 Å². The van der Waals surface area contributed by atoms with Gasteiger partial charge in [0, 0.05) is 25.3 Å². The number of carboxylic acid groups (broad SMARTS) is 1. The Labute approximate surface area is 164 Å². The summed E-state index contributed by atoms with van der Waals surface area (Å²) >= 11 is 6.19. The van der Waals surface area contributed by atoms with Gasteiger partial charge in [0.05, 0.1) is 30.9 Å². The SMILES string of the molecule is CCCOc1ccc(NC(=O)N2CCOC(CN(C)CC(=O)O)C2)cc1Cl. The smallest absolute Gasteiger partial charge is 0.322 e. The van der Waals surface area contributed by atoms with Gasteiger partial charge in [0.1, 0.15) is 5.75 Å². The van der Waals surface area contributed by atoms with Gasteiger partial charge in [-0.05, 0) is 31.7 Å². The molecule has 8 nitrogen and oxygen atoms in total. The summed E-state index contributed by atoms with van der Waals surface area (Å²) in [7, 11) is 1.71. The lowest BCUT2D eigenvalue weighted by Crippen LogP contribution is -2.50. The first kappa shape index (κ1) is 21.3. The minimum Gasteiger partial charge on any atom is -0.492 e. The van der Waals surface area contributed by atoms with E-state index in [1.54, 1.807) is 35.0 Å². The Balaban J connectivity index is 1.89. The van der Waals surface area contributed by atoms with Crippen molar-refractivity contribution in [3.8, 4) is 5.75 Å². The van der Waals surface area contributed by atoms with E-state index in [1.165, 1.54) is 0 Å². The van der Waals surface area contributed by atoms with E-state index in [9.17, 15) is 9.59 Å². The van der Waals surface area contributed by atoms with Crippen molar-refractivity contribution in [2.75, 3.05) is 51.8 Å². The van der Waals surface area contributed by atoms with Gasteiger partial charge in [-0.3, -0.25) is 9.69 Å². The van der Waals surface area contributed by atoms with Crippen molar-refractivity contribution < 1.29 is 24.2 Å².